The van der Waals surface area contributed by atoms with E-state index in [0.717, 1.165) is 63.3 Å². The summed E-state index contributed by atoms with van der Waals surface area (Å²) in [5.41, 5.74) is 4.85. The lowest BCUT2D eigenvalue weighted by Gasteiger charge is -2.24. The molecule has 10 aromatic rings. The normalized spacial score (nSPS) is 12.7. The van der Waals surface area contributed by atoms with E-state index >= 15 is 0 Å². The molecule has 0 saturated heterocycles. The average Bonchev–Trinajstić information content (AvgIpc) is 3.77. The number of halogens is 12. The van der Waals surface area contributed by atoms with Gasteiger partial charge in [-0.25, -0.2) is 0 Å². The predicted molar refractivity (Wildman–Crippen MR) is 291 cm³/mol. The summed E-state index contributed by atoms with van der Waals surface area (Å²) < 4.78 is 174. The minimum absolute atomic E-state index is 0.0209. The fourth-order valence-corrected chi connectivity index (χ4v) is 10.7. The maximum absolute atomic E-state index is 14.3. The van der Waals surface area contributed by atoms with Crippen LogP contribution in [0, 0.1) is 27.7 Å². The maximum atomic E-state index is 14.3. The van der Waals surface area contributed by atoms with Crippen molar-refractivity contribution in [1.82, 2.24) is 4.57 Å². The third-order valence-corrected chi connectivity index (χ3v) is 14.2. The Labute approximate surface area is 448 Å². The van der Waals surface area contributed by atoms with Crippen molar-refractivity contribution in [2.75, 3.05) is 0 Å². The number of para-hydroxylation sites is 1. The van der Waals surface area contributed by atoms with Gasteiger partial charge in [0.05, 0.1) is 33.3 Å². The number of fused-ring (bicyclic) bond motifs is 3. The standard InChI is InChI=1S/C66H49F12N/c1-36-16-37(2)18-42(17-36)47-23-45(24-48(27-47)43-19-38(3)21-52(29-43)63(67,68)69)40-12-14-59-56(33-40)57-34-41(13-15-60(57)79(59)61-11-9-8-10-58(61)62(5,6)7)46-25-49(44-20-39(4)22-53(30-44)64(70,71)72)28-50(26-46)51-31-54(65(73,74)75)35-55(32-51)66(76,77)78/h8-35H,1-7H3. The minimum Gasteiger partial charge on any atom is -0.309 e. The average molecular weight is 1080 g/mol. The Morgan fingerprint density at radius 1 is 0.278 bits per heavy atom. The smallest absolute Gasteiger partial charge is 0.309 e. The summed E-state index contributed by atoms with van der Waals surface area (Å²) in [6.07, 6.45) is -19.8. The Balaban J connectivity index is 1.26. The molecular formula is C66H49F12N. The number of nitrogens with zero attached hydrogens (tertiary/aromatic N) is 1. The van der Waals surface area contributed by atoms with Crippen LogP contribution in [0.25, 0.3) is 94.3 Å². The van der Waals surface area contributed by atoms with Crippen LogP contribution in [0.3, 0.4) is 0 Å². The van der Waals surface area contributed by atoms with Crippen molar-refractivity contribution >= 4 is 21.8 Å². The zero-order chi connectivity index (χ0) is 56.9. The molecule has 1 nitrogen and oxygen atoms in total. The van der Waals surface area contributed by atoms with Gasteiger partial charge in [0.25, 0.3) is 0 Å². The first-order valence-electron chi connectivity index (χ1n) is 25.1. The van der Waals surface area contributed by atoms with E-state index in [-0.39, 0.29) is 39.3 Å². The molecule has 0 unspecified atom stereocenters. The quantitative estimate of drug-likeness (QED) is 0.140. The summed E-state index contributed by atoms with van der Waals surface area (Å²) >= 11 is 0. The lowest BCUT2D eigenvalue weighted by Crippen LogP contribution is -2.15. The number of aromatic nitrogens is 1. The molecule has 0 aliphatic rings. The number of benzene rings is 9. The van der Waals surface area contributed by atoms with Crippen molar-refractivity contribution < 1.29 is 52.7 Å². The molecule has 9 aromatic carbocycles. The molecule has 0 spiro atoms. The van der Waals surface area contributed by atoms with E-state index in [1.165, 1.54) is 25.1 Å². The van der Waals surface area contributed by atoms with Gasteiger partial charge in [-0.05, 0) is 226 Å². The topological polar surface area (TPSA) is 4.93 Å². The van der Waals surface area contributed by atoms with Gasteiger partial charge in [0, 0.05) is 16.5 Å². The molecule has 0 aliphatic carbocycles. The first kappa shape index (κ1) is 54.3. The molecule has 13 heteroatoms. The third kappa shape index (κ3) is 11.0. The molecule has 10 rings (SSSR count). The van der Waals surface area contributed by atoms with Gasteiger partial charge in [-0.15, -0.1) is 0 Å². The minimum atomic E-state index is -5.18. The molecule has 1 heterocycles. The van der Waals surface area contributed by atoms with Gasteiger partial charge >= 0.3 is 24.7 Å². The zero-order valence-electron chi connectivity index (χ0n) is 43.6. The van der Waals surface area contributed by atoms with E-state index in [1.54, 1.807) is 25.1 Å². The SMILES string of the molecule is Cc1cc(C)cc(-c2cc(-c3cc(C)cc(C(F)(F)F)c3)cc(-c3ccc4c(c3)c3cc(-c5cc(-c6cc(C)cc(C(F)(F)F)c6)cc(-c6cc(C(F)(F)F)cc(C(F)(F)F)c6)c5)ccc3n4-c3ccccc3C(C)(C)C)c2)c1. The fourth-order valence-electron chi connectivity index (χ4n) is 10.7. The van der Waals surface area contributed by atoms with E-state index in [0.29, 0.717) is 61.8 Å². The van der Waals surface area contributed by atoms with Crippen molar-refractivity contribution in [3.05, 3.63) is 220 Å². The van der Waals surface area contributed by atoms with Crippen LogP contribution in [-0.4, -0.2) is 4.57 Å². The number of rotatable bonds is 7. The van der Waals surface area contributed by atoms with Gasteiger partial charge in [-0.1, -0.05) is 92.6 Å². The van der Waals surface area contributed by atoms with E-state index in [1.807, 2.05) is 105 Å². The van der Waals surface area contributed by atoms with Gasteiger partial charge in [0.1, 0.15) is 0 Å². The largest absolute Gasteiger partial charge is 0.416 e. The summed E-state index contributed by atoms with van der Waals surface area (Å²) in [5, 5.41) is 1.38. The lowest BCUT2D eigenvalue weighted by atomic mass is 9.85. The second kappa shape index (κ2) is 19.4. The van der Waals surface area contributed by atoms with Gasteiger partial charge < -0.3 is 4.57 Å². The van der Waals surface area contributed by atoms with Gasteiger partial charge in [-0.2, -0.15) is 52.7 Å². The van der Waals surface area contributed by atoms with Crippen LogP contribution in [0.2, 0.25) is 0 Å². The number of hydrogen-bond donors (Lipinski definition) is 0. The number of alkyl halides is 12. The van der Waals surface area contributed by atoms with E-state index in [9.17, 15) is 52.7 Å². The van der Waals surface area contributed by atoms with Crippen LogP contribution in [0.4, 0.5) is 52.7 Å². The van der Waals surface area contributed by atoms with Gasteiger partial charge in [0.2, 0.25) is 0 Å². The molecule has 0 radical (unpaired) electrons. The predicted octanol–water partition coefficient (Wildman–Crippen LogP) is 21.4. The first-order valence-corrected chi connectivity index (χ1v) is 25.1. The van der Waals surface area contributed by atoms with Crippen LogP contribution in [0.5, 0.6) is 0 Å². The molecular weight excluding hydrogens is 1030 g/mol. The summed E-state index contributed by atoms with van der Waals surface area (Å²) in [7, 11) is 0. The number of aryl methyl sites for hydroxylation is 4. The summed E-state index contributed by atoms with van der Waals surface area (Å²) in [5.74, 6) is 0. The van der Waals surface area contributed by atoms with Gasteiger partial charge in [-0.3, -0.25) is 0 Å². The molecule has 0 saturated carbocycles. The molecule has 0 fully saturated rings. The Kier molecular flexibility index (Phi) is 13.3. The van der Waals surface area contributed by atoms with Crippen molar-refractivity contribution in [2.24, 2.45) is 0 Å². The molecule has 0 atom stereocenters. The number of hydrogen-bond acceptors (Lipinski definition) is 0. The van der Waals surface area contributed by atoms with Crippen LogP contribution in [0.1, 0.15) is 70.8 Å². The molecule has 0 aliphatic heterocycles. The Morgan fingerprint density at radius 3 is 0.924 bits per heavy atom. The second-order valence-electron chi connectivity index (χ2n) is 21.5. The Morgan fingerprint density at radius 2 is 0.570 bits per heavy atom. The van der Waals surface area contributed by atoms with Gasteiger partial charge in [0.15, 0.2) is 0 Å². The highest BCUT2D eigenvalue weighted by molar-refractivity contribution is 6.12. The van der Waals surface area contributed by atoms with Crippen molar-refractivity contribution in [3.63, 3.8) is 0 Å². The monoisotopic (exact) mass is 1080 g/mol. The third-order valence-electron chi connectivity index (χ3n) is 14.2. The van der Waals surface area contributed by atoms with Crippen molar-refractivity contribution in [1.29, 1.82) is 0 Å². The summed E-state index contributed by atoms with van der Waals surface area (Å²) in [6.45, 7) is 13.2. The van der Waals surface area contributed by atoms with Crippen LogP contribution < -0.4 is 0 Å². The molecule has 79 heavy (non-hydrogen) atoms. The van der Waals surface area contributed by atoms with Crippen LogP contribution in [-0.2, 0) is 30.1 Å². The highest BCUT2D eigenvalue weighted by atomic mass is 19.4. The second-order valence-corrected chi connectivity index (χ2v) is 21.5. The van der Waals surface area contributed by atoms with Crippen molar-refractivity contribution in [2.45, 2.75) is 78.6 Å². The maximum Gasteiger partial charge on any atom is 0.416 e. The fraction of sp³-hybridized carbons (Fsp3) is 0.182. The van der Waals surface area contributed by atoms with E-state index in [4.69, 9.17) is 0 Å². The highest BCUT2D eigenvalue weighted by Gasteiger charge is 2.38. The Bertz CT molecular complexity index is 3990. The summed E-state index contributed by atoms with van der Waals surface area (Å²) in [4.78, 5) is 0. The Hall–Kier alpha value is -8.06. The summed E-state index contributed by atoms with van der Waals surface area (Å²) in [6, 6.07) is 43.7. The van der Waals surface area contributed by atoms with Crippen molar-refractivity contribution in [3.8, 4) is 72.4 Å². The molecule has 0 bridgehead atoms. The molecule has 0 amide bonds. The van der Waals surface area contributed by atoms with Crippen LogP contribution >= 0.6 is 0 Å². The van der Waals surface area contributed by atoms with Crippen LogP contribution in [0.15, 0.2) is 170 Å². The first-order chi connectivity index (χ1) is 36.9. The van der Waals surface area contributed by atoms with E-state index in [2.05, 4.69) is 25.3 Å². The zero-order valence-corrected chi connectivity index (χ0v) is 43.6. The lowest BCUT2D eigenvalue weighted by molar-refractivity contribution is -0.143. The molecule has 402 valence electrons. The highest BCUT2D eigenvalue weighted by Crippen LogP contribution is 2.45. The molecule has 0 N–H and O–H groups in total. The molecule has 1 aromatic heterocycles. The van der Waals surface area contributed by atoms with E-state index < -0.39 is 52.5 Å².